The first-order valence-electron chi connectivity index (χ1n) is 12.5. The van der Waals surface area contributed by atoms with Crippen molar-refractivity contribution in [3.63, 3.8) is 0 Å². The Morgan fingerprint density at radius 1 is 0.875 bits per heavy atom. The molecule has 0 saturated carbocycles. The van der Waals surface area contributed by atoms with Gasteiger partial charge in [-0.25, -0.2) is 4.79 Å². The number of carboxylic acid groups (broad SMARTS) is 1. The Labute approximate surface area is 244 Å². The van der Waals surface area contributed by atoms with Crippen LogP contribution in [0, 0.1) is 10.5 Å². The Balaban J connectivity index is 1.33. The number of aromatic hydroxyl groups is 1. The summed E-state index contributed by atoms with van der Waals surface area (Å²) >= 11 is 2.16. The van der Waals surface area contributed by atoms with E-state index in [1.165, 1.54) is 17.7 Å². The molecular formula is C32H25IN2O5. The quantitative estimate of drug-likeness (QED) is 0.137. The maximum absolute atomic E-state index is 12.8. The highest BCUT2D eigenvalue weighted by atomic mass is 127. The predicted octanol–water partition coefficient (Wildman–Crippen LogP) is 6.58. The van der Waals surface area contributed by atoms with Crippen molar-refractivity contribution < 1.29 is 24.6 Å². The summed E-state index contributed by atoms with van der Waals surface area (Å²) in [5.41, 5.74) is 6.59. The van der Waals surface area contributed by atoms with E-state index in [1.807, 2.05) is 73.1 Å². The van der Waals surface area contributed by atoms with Crippen LogP contribution in [0.5, 0.6) is 5.75 Å². The lowest BCUT2D eigenvalue weighted by atomic mass is 10.0. The molecule has 8 heteroatoms. The first kappa shape index (κ1) is 27.1. The van der Waals surface area contributed by atoms with Crippen molar-refractivity contribution in [2.75, 3.05) is 5.32 Å². The topological polar surface area (TPSA) is 109 Å². The van der Waals surface area contributed by atoms with Gasteiger partial charge in [0.15, 0.2) is 0 Å². The van der Waals surface area contributed by atoms with Gasteiger partial charge in [0, 0.05) is 34.2 Å². The van der Waals surface area contributed by atoms with Crippen molar-refractivity contribution in [3.05, 3.63) is 105 Å². The van der Waals surface area contributed by atoms with Crippen molar-refractivity contribution >= 4 is 56.8 Å². The van der Waals surface area contributed by atoms with Gasteiger partial charge in [-0.15, -0.1) is 0 Å². The number of aromatic carboxylic acids is 1. The molecule has 3 N–H and O–H groups in total. The fourth-order valence-corrected chi connectivity index (χ4v) is 5.81. The molecule has 0 saturated heterocycles. The highest BCUT2D eigenvalue weighted by molar-refractivity contribution is 14.1. The fraction of sp³-hybridized carbons (Fsp3) is 0.0938. The third-order valence-corrected chi connectivity index (χ3v) is 7.92. The summed E-state index contributed by atoms with van der Waals surface area (Å²) in [5, 5.41) is 23.0. The lowest BCUT2D eigenvalue weighted by Gasteiger charge is -2.09. The van der Waals surface area contributed by atoms with Crippen LogP contribution >= 0.6 is 22.6 Å². The third-order valence-electron chi connectivity index (χ3n) is 6.83. The highest BCUT2D eigenvalue weighted by Gasteiger charge is 2.21. The van der Waals surface area contributed by atoms with E-state index in [0.29, 0.717) is 22.2 Å². The molecule has 5 rings (SSSR count). The summed E-state index contributed by atoms with van der Waals surface area (Å²) in [6, 6.07) is 25.7. The number of hydrogen-bond donors (Lipinski definition) is 3. The van der Waals surface area contributed by atoms with Crippen LogP contribution in [0.15, 0.2) is 84.9 Å². The lowest BCUT2D eigenvalue weighted by molar-refractivity contribution is -0.134. The molecule has 0 spiro atoms. The number of anilines is 1. The summed E-state index contributed by atoms with van der Waals surface area (Å²) in [6.07, 6.45) is -0.0778. The second-order valence-corrected chi connectivity index (χ2v) is 10.7. The molecule has 0 atom stereocenters. The van der Waals surface area contributed by atoms with Crippen LogP contribution < -0.4 is 5.32 Å². The summed E-state index contributed by atoms with van der Waals surface area (Å²) in [7, 11) is 1.83. The van der Waals surface area contributed by atoms with Crippen LogP contribution in [0.3, 0.4) is 0 Å². The van der Waals surface area contributed by atoms with E-state index in [-0.39, 0.29) is 17.7 Å². The van der Waals surface area contributed by atoms with Crippen molar-refractivity contribution in [3.8, 4) is 28.1 Å². The number of carbonyl (C=O) groups is 3. The lowest BCUT2D eigenvalue weighted by Crippen LogP contribution is -2.24. The largest absolute Gasteiger partial charge is 0.507 e. The monoisotopic (exact) mass is 644 g/mol. The van der Waals surface area contributed by atoms with Gasteiger partial charge in [-0.1, -0.05) is 60.2 Å². The smallest absolute Gasteiger partial charge is 0.339 e. The van der Waals surface area contributed by atoms with Crippen molar-refractivity contribution in [2.24, 2.45) is 7.05 Å². The number of amides is 1. The summed E-state index contributed by atoms with van der Waals surface area (Å²) in [4.78, 5) is 37.0. The Morgan fingerprint density at radius 3 is 2.17 bits per heavy atom. The zero-order chi connectivity index (χ0) is 28.6. The number of ketones is 1. The molecule has 0 fully saturated rings. The predicted molar refractivity (Wildman–Crippen MR) is 164 cm³/mol. The van der Waals surface area contributed by atoms with Crippen LogP contribution in [0.25, 0.3) is 33.3 Å². The first-order valence-corrected chi connectivity index (χ1v) is 13.5. The van der Waals surface area contributed by atoms with Crippen LogP contribution in [0.4, 0.5) is 5.69 Å². The molecule has 200 valence electrons. The van der Waals surface area contributed by atoms with E-state index in [1.54, 1.807) is 18.2 Å². The number of hydrogen-bond acceptors (Lipinski definition) is 4. The van der Waals surface area contributed by atoms with E-state index < -0.39 is 17.7 Å². The maximum atomic E-state index is 12.8. The van der Waals surface area contributed by atoms with E-state index in [9.17, 15) is 24.6 Å². The molecule has 0 bridgehead atoms. The Bertz CT molecular complexity index is 1790. The Kier molecular flexibility index (Phi) is 7.44. The fourth-order valence-electron chi connectivity index (χ4n) is 4.70. The van der Waals surface area contributed by atoms with Gasteiger partial charge in [0.2, 0.25) is 5.78 Å². The van der Waals surface area contributed by atoms with Gasteiger partial charge in [-0.3, -0.25) is 9.59 Å². The zero-order valence-corrected chi connectivity index (χ0v) is 23.9. The molecule has 40 heavy (non-hydrogen) atoms. The van der Waals surface area contributed by atoms with Gasteiger partial charge in [0.25, 0.3) is 5.91 Å². The number of benzene rings is 4. The van der Waals surface area contributed by atoms with E-state index in [2.05, 4.69) is 27.9 Å². The number of phenols is 1. The molecule has 1 aromatic heterocycles. The van der Waals surface area contributed by atoms with E-state index in [0.717, 1.165) is 26.0 Å². The summed E-state index contributed by atoms with van der Waals surface area (Å²) in [5.74, 6) is -2.77. The number of halogens is 1. The number of carboxylic acids is 1. The molecule has 1 amide bonds. The van der Waals surface area contributed by atoms with E-state index >= 15 is 0 Å². The molecule has 0 radical (unpaired) electrons. The maximum Gasteiger partial charge on any atom is 0.339 e. The second kappa shape index (κ2) is 11.0. The van der Waals surface area contributed by atoms with Crippen LogP contribution in [0.2, 0.25) is 0 Å². The SMILES string of the molecule is Cc1ccc(-c2ccc(NC(=O)C(=O)Cc3cccc(-c4c(I)c5cc(C(=O)O)c(O)cc5n4C)c3)cc2)cc1. The molecule has 0 aliphatic heterocycles. The number of aromatic nitrogens is 1. The molecular weight excluding hydrogens is 619 g/mol. The number of nitrogens with zero attached hydrogens (tertiary/aromatic N) is 1. The minimum absolute atomic E-state index is 0.0778. The molecule has 1 heterocycles. The number of carbonyl (C=O) groups excluding carboxylic acids is 2. The molecule has 0 aliphatic rings. The Hall–Kier alpha value is -4.44. The van der Waals surface area contributed by atoms with Crippen LogP contribution in [-0.4, -0.2) is 32.4 Å². The second-order valence-electron chi connectivity index (χ2n) is 9.61. The Morgan fingerprint density at radius 2 is 1.52 bits per heavy atom. The average molecular weight is 644 g/mol. The van der Waals surface area contributed by atoms with Gasteiger partial charge in [-0.05, 0) is 76.0 Å². The first-order chi connectivity index (χ1) is 19.1. The molecule has 0 aliphatic carbocycles. The van der Waals surface area contributed by atoms with Crippen molar-refractivity contribution in [1.82, 2.24) is 4.57 Å². The van der Waals surface area contributed by atoms with Gasteiger partial charge >= 0.3 is 5.97 Å². The molecule has 5 aromatic rings. The van der Waals surface area contributed by atoms with Gasteiger partial charge in [-0.2, -0.15) is 0 Å². The van der Waals surface area contributed by atoms with Crippen molar-refractivity contribution in [1.29, 1.82) is 0 Å². The van der Waals surface area contributed by atoms with Crippen molar-refractivity contribution in [2.45, 2.75) is 13.3 Å². The zero-order valence-electron chi connectivity index (χ0n) is 21.7. The van der Waals surface area contributed by atoms with Gasteiger partial charge in [0.1, 0.15) is 11.3 Å². The molecule has 7 nitrogen and oxygen atoms in total. The summed E-state index contributed by atoms with van der Waals surface area (Å²) in [6.45, 7) is 2.03. The van der Waals surface area contributed by atoms with Gasteiger partial charge in [0.05, 0.1) is 11.2 Å². The minimum atomic E-state index is -1.21. The highest BCUT2D eigenvalue weighted by Crippen LogP contribution is 2.37. The number of nitrogens with one attached hydrogen (secondary N) is 1. The van der Waals surface area contributed by atoms with Crippen LogP contribution in [-0.2, 0) is 23.1 Å². The third kappa shape index (κ3) is 5.35. The van der Waals surface area contributed by atoms with Gasteiger partial charge < -0.3 is 20.1 Å². The standard InChI is InChI=1S/C32H25IN2O5/c1-18-6-8-20(9-7-18)21-10-12-23(13-11-21)34-31(38)28(37)15-19-4-3-5-22(14-19)30-29(33)24-16-25(32(39)40)27(36)17-26(24)35(30)2/h3-14,16-17,36H,15H2,1-2H3,(H,34,38)(H,39,40). The van der Waals surface area contributed by atoms with E-state index in [4.69, 9.17) is 0 Å². The normalized spacial score (nSPS) is 11.0. The number of aryl methyl sites for hydroxylation is 2. The number of Topliss-reactive ketones (excluding diaryl/α,β-unsaturated/α-hetero) is 1. The number of rotatable bonds is 7. The molecule has 4 aromatic carbocycles. The van der Waals surface area contributed by atoms with Crippen LogP contribution in [0.1, 0.15) is 21.5 Å². The summed E-state index contributed by atoms with van der Waals surface area (Å²) < 4.78 is 2.68. The average Bonchev–Trinajstić information content (AvgIpc) is 3.17. The minimum Gasteiger partial charge on any atom is -0.507 e. The number of fused-ring (bicyclic) bond motifs is 1. The molecule has 0 unspecified atom stereocenters.